The third-order valence-electron chi connectivity index (χ3n) is 2.95. The number of phenols is 1. The van der Waals surface area contributed by atoms with Crippen molar-refractivity contribution in [3.05, 3.63) is 23.2 Å². The average molecular weight is 255 g/mol. The molecule has 3 N–H and O–H groups in total. The lowest BCUT2D eigenvalue weighted by molar-refractivity contribution is -0.120. The predicted octanol–water partition coefficient (Wildman–Crippen LogP) is 1.98. The van der Waals surface area contributed by atoms with Gasteiger partial charge in [-0.1, -0.05) is 17.7 Å². The summed E-state index contributed by atoms with van der Waals surface area (Å²) in [6.07, 6.45) is 1.65. The molecule has 1 saturated heterocycles. The molecule has 0 radical (unpaired) electrons. The van der Waals surface area contributed by atoms with Gasteiger partial charge in [-0.25, -0.2) is 0 Å². The highest BCUT2D eigenvalue weighted by atomic mass is 35.5. The van der Waals surface area contributed by atoms with Crippen LogP contribution in [0.15, 0.2) is 18.2 Å². The van der Waals surface area contributed by atoms with Gasteiger partial charge in [0.25, 0.3) is 0 Å². The minimum Gasteiger partial charge on any atom is -0.504 e. The summed E-state index contributed by atoms with van der Waals surface area (Å²) in [6, 6.07) is 4.91. The van der Waals surface area contributed by atoms with Gasteiger partial charge in [0.2, 0.25) is 5.91 Å². The van der Waals surface area contributed by atoms with Crippen LogP contribution in [0.1, 0.15) is 12.8 Å². The van der Waals surface area contributed by atoms with Crippen LogP contribution in [0.25, 0.3) is 0 Å². The second-order valence-electron chi connectivity index (χ2n) is 4.15. The zero-order valence-electron chi connectivity index (χ0n) is 9.37. The molecular formula is C12H15ClN2O2. The van der Waals surface area contributed by atoms with Gasteiger partial charge in [0, 0.05) is 5.92 Å². The summed E-state index contributed by atoms with van der Waals surface area (Å²) in [5.74, 6) is -0.116. The number of carbonyl (C=O) groups excluding carboxylic acids is 1. The first-order valence-electron chi connectivity index (χ1n) is 5.67. The van der Waals surface area contributed by atoms with Crippen LogP contribution in [0.3, 0.4) is 0 Å². The summed E-state index contributed by atoms with van der Waals surface area (Å²) >= 11 is 5.77. The van der Waals surface area contributed by atoms with Crippen LogP contribution in [0.2, 0.25) is 5.02 Å². The molecule has 1 heterocycles. The van der Waals surface area contributed by atoms with Crippen molar-refractivity contribution < 1.29 is 9.90 Å². The van der Waals surface area contributed by atoms with E-state index in [-0.39, 0.29) is 22.6 Å². The number of para-hydroxylation sites is 1. The van der Waals surface area contributed by atoms with Gasteiger partial charge in [-0.2, -0.15) is 0 Å². The lowest BCUT2D eigenvalue weighted by Gasteiger charge is -2.22. The molecule has 0 atom stereocenters. The van der Waals surface area contributed by atoms with Gasteiger partial charge >= 0.3 is 0 Å². The number of piperidine rings is 1. The predicted molar refractivity (Wildman–Crippen MR) is 67.3 cm³/mol. The molecule has 0 aromatic heterocycles. The molecule has 0 spiro atoms. The second-order valence-corrected chi connectivity index (χ2v) is 4.56. The summed E-state index contributed by atoms with van der Waals surface area (Å²) in [7, 11) is 0. The monoisotopic (exact) mass is 254 g/mol. The number of halogens is 1. The number of rotatable bonds is 2. The number of carbonyl (C=O) groups is 1. The van der Waals surface area contributed by atoms with E-state index in [1.165, 1.54) is 0 Å². The fourth-order valence-corrected chi connectivity index (χ4v) is 2.11. The maximum atomic E-state index is 11.9. The molecule has 0 unspecified atom stereocenters. The second kappa shape index (κ2) is 5.38. The number of phenolic OH excluding ortho intramolecular Hbond substituents is 1. The molecule has 0 saturated carbocycles. The van der Waals surface area contributed by atoms with Gasteiger partial charge in [0.1, 0.15) is 0 Å². The summed E-state index contributed by atoms with van der Waals surface area (Å²) in [5.41, 5.74) is 0.376. The molecule has 1 aromatic rings. The van der Waals surface area contributed by atoms with E-state index in [1.807, 2.05) is 0 Å². The van der Waals surface area contributed by atoms with Crippen molar-refractivity contribution in [1.29, 1.82) is 0 Å². The highest BCUT2D eigenvalue weighted by Gasteiger charge is 2.21. The summed E-state index contributed by atoms with van der Waals surface area (Å²) in [5, 5.41) is 15.9. The van der Waals surface area contributed by atoms with Gasteiger partial charge in [-0.15, -0.1) is 0 Å². The lowest BCUT2D eigenvalue weighted by Crippen LogP contribution is -2.34. The van der Waals surface area contributed by atoms with E-state index >= 15 is 0 Å². The van der Waals surface area contributed by atoms with E-state index in [4.69, 9.17) is 11.6 Å². The number of nitrogens with one attached hydrogen (secondary N) is 2. The van der Waals surface area contributed by atoms with Gasteiger partial charge in [-0.3, -0.25) is 4.79 Å². The normalized spacial score (nSPS) is 16.8. The van der Waals surface area contributed by atoms with E-state index in [1.54, 1.807) is 18.2 Å². The van der Waals surface area contributed by atoms with Gasteiger partial charge < -0.3 is 15.7 Å². The van der Waals surface area contributed by atoms with Crippen molar-refractivity contribution in [2.24, 2.45) is 5.92 Å². The standard InChI is InChI=1S/C12H15ClN2O2/c13-9-2-1-3-10(11(9)16)15-12(17)8-4-6-14-7-5-8/h1-3,8,14,16H,4-7H2,(H,15,17). The molecule has 2 rings (SSSR count). The fraction of sp³-hybridized carbons (Fsp3) is 0.417. The number of benzene rings is 1. The molecular weight excluding hydrogens is 240 g/mol. The first kappa shape index (κ1) is 12.2. The van der Waals surface area contributed by atoms with E-state index < -0.39 is 0 Å². The molecule has 1 fully saturated rings. The number of amides is 1. The minimum absolute atomic E-state index is 0.00892. The maximum Gasteiger partial charge on any atom is 0.227 e. The molecule has 4 nitrogen and oxygen atoms in total. The Balaban J connectivity index is 2.04. The third kappa shape index (κ3) is 2.90. The zero-order valence-corrected chi connectivity index (χ0v) is 10.1. The van der Waals surface area contributed by atoms with E-state index in [0.29, 0.717) is 5.69 Å². The van der Waals surface area contributed by atoms with Crippen molar-refractivity contribution in [2.45, 2.75) is 12.8 Å². The van der Waals surface area contributed by atoms with Gasteiger partial charge in [0.05, 0.1) is 10.7 Å². The minimum atomic E-state index is -0.0727. The molecule has 1 aliphatic heterocycles. The van der Waals surface area contributed by atoms with Gasteiger partial charge in [-0.05, 0) is 38.1 Å². The summed E-state index contributed by atoms with van der Waals surface area (Å²) < 4.78 is 0. The van der Waals surface area contributed by atoms with E-state index in [9.17, 15) is 9.90 Å². The van der Waals surface area contributed by atoms with Crippen LogP contribution in [0, 0.1) is 5.92 Å². The lowest BCUT2D eigenvalue weighted by atomic mass is 9.97. The Kier molecular flexibility index (Phi) is 3.86. The largest absolute Gasteiger partial charge is 0.504 e. The van der Waals surface area contributed by atoms with Crippen LogP contribution in [0.4, 0.5) is 5.69 Å². The van der Waals surface area contributed by atoms with Crippen LogP contribution in [-0.2, 0) is 4.79 Å². The van der Waals surface area contributed by atoms with Crippen molar-refractivity contribution in [1.82, 2.24) is 5.32 Å². The first-order valence-corrected chi connectivity index (χ1v) is 6.05. The Morgan fingerprint density at radius 3 is 2.82 bits per heavy atom. The van der Waals surface area contributed by atoms with Crippen molar-refractivity contribution >= 4 is 23.2 Å². The molecule has 5 heteroatoms. The molecule has 17 heavy (non-hydrogen) atoms. The topological polar surface area (TPSA) is 61.4 Å². The average Bonchev–Trinajstić information content (AvgIpc) is 2.36. The van der Waals surface area contributed by atoms with Crippen molar-refractivity contribution in [3.8, 4) is 5.75 Å². The Hall–Kier alpha value is -1.26. The molecule has 1 amide bonds. The van der Waals surface area contributed by atoms with E-state index in [0.717, 1.165) is 25.9 Å². The number of hydrogen-bond acceptors (Lipinski definition) is 3. The number of anilines is 1. The highest BCUT2D eigenvalue weighted by Crippen LogP contribution is 2.31. The smallest absolute Gasteiger partial charge is 0.227 e. The van der Waals surface area contributed by atoms with Gasteiger partial charge in [0.15, 0.2) is 5.75 Å². The number of aromatic hydroxyl groups is 1. The Bertz CT molecular complexity index is 417. The van der Waals surface area contributed by atoms with Crippen molar-refractivity contribution in [2.75, 3.05) is 18.4 Å². The third-order valence-corrected chi connectivity index (χ3v) is 3.26. The summed E-state index contributed by atoms with van der Waals surface area (Å²) in [4.78, 5) is 11.9. The first-order chi connectivity index (χ1) is 8.18. The Morgan fingerprint density at radius 2 is 2.12 bits per heavy atom. The maximum absolute atomic E-state index is 11.9. The molecule has 0 aliphatic carbocycles. The molecule has 0 bridgehead atoms. The quantitative estimate of drug-likeness (QED) is 0.708. The molecule has 1 aliphatic rings. The zero-order chi connectivity index (χ0) is 12.3. The van der Waals surface area contributed by atoms with Crippen LogP contribution in [0.5, 0.6) is 5.75 Å². The Labute approximate surface area is 105 Å². The highest BCUT2D eigenvalue weighted by molar-refractivity contribution is 6.32. The van der Waals surface area contributed by atoms with Crippen LogP contribution >= 0.6 is 11.6 Å². The molecule has 92 valence electrons. The van der Waals surface area contributed by atoms with Crippen LogP contribution in [-0.4, -0.2) is 24.1 Å². The van der Waals surface area contributed by atoms with Crippen LogP contribution < -0.4 is 10.6 Å². The molecule has 1 aromatic carbocycles. The van der Waals surface area contributed by atoms with Crippen molar-refractivity contribution in [3.63, 3.8) is 0 Å². The Morgan fingerprint density at radius 1 is 1.41 bits per heavy atom. The number of hydrogen-bond donors (Lipinski definition) is 3. The summed E-state index contributed by atoms with van der Waals surface area (Å²) in [6.45, 7) is 1.72. The van der Waals surface area contributed by atoms with E-state index in [2.05, 4.69) is 10.6 Å². The SMILES string of the molecule is O=C(Nc1cccc(Cl)c1O)C1CCNCC1. The fourth-order valence-electron chi connectivity index (χ4n) is 1.94.